The predicted molar refractivity (Wildman–Crippen MR) is 109 cm³/mol. The molecule has 1 aromatic carbocycles. The number of hydrogen-bond acceptors (Lipinski definition) is 3. The number of aromatic nitrogens is 1. The molecule has 0 fully saturated rings. The summed E-state index contributed by atoms with van der Waals surface area (Å²) in [5, 5.41) is 2.87. The molecule has 144 valence electrons. The monoisotopic (exact) mass is 367 g/mol. The molecule has 0 saturated heterocycles. The number of hydrogen-bond donors (Lipinski definition) is 1. The van der Waals surface area contributed by atoms with Gasteiger partial charge in [0.15, 0.2) is 0 Å². The molecule has 27 heavy (non-hydrogen) atoms. The molecule has 0 aliphatic carbocycles. The Morgan fingerprint density at radius 3 is 2.37 bits per heavy atom. The van der Waals surface area contributed by atoms with E-state index < -0.39 is 0 Å². The van der Waals surface area contributed by atoms with Gasteiger partial charge >= 0.3 is 0 Å². The van der Waals surface area contributed by atoms with Crippen LogP contribution in [0, 0.1) is 0 Å². The van der Waals surface area contributed by atoms with Gasteiger partial charge in [0.1, 0.15) is 5.69 Å². The van der Waals surface area contributed by atoms with Gasteiger partial charge in [-0.3, -0.25) is 14.6 Å². The molecule has 2 rings (SSSR count). The summed E-state index contributed by atoms with van der Waals surface area (Å²) >= 11 is 0. The van der Waals surface area contributed by atoms with Crippen molar-refractivity contribution in [2.75, 3.05) is 18.9 Å². The number of unbranched alkanes of at least 4 members (excludes halogenated alkanes) is 1. The minimum absolute atomic E-state index is 0.0622. The fourth-order valence-corrected chi connectivity index (χ4v) is 2.64. The number of rotatable bonds is 6. The van der Waals surface area contributed by atoms with Crippen LogP contribution in [-0.4, -0.2) is 35.3 Å². The summed E-state index contributed by atoms with van der Waals surface area (Å²) in [6.45, 7) is 9.19. The molecule has 0 saturated carbocycles. The Labute approximate surface area is 161 Å². The third-order valence-corrected chi connectivity index (χ3v) is 4.44. The first kappa shape index (κ1) is 20.6. The molecule has 0 aliphatic rings. The van der Waals surface area contributed by atoms with Crippen LogP contribution in [0.4, 0.5) is 5.69 Å². The molecule has 0 radical (unpaired) electrons. The lowest BCUT2D eigenvalue weighted by Crippen LogP contribution is -2.28. The molecular formula is C22H29N3O2. The number of carbonyl (C=O) groups excluding carboxylic acids is 2. The van der Waals surface area contributed by atoms with E-state index in [9.17, 15) is 9.59 Å². The van der Waals surface area contributed by atoms with Gasteiger partial charge in [0.2, 0.25) is 0 Å². The maximum atomic E-state index is 12.5. The first-order chi connectivity index (χ1) is 12.7. The number of amides is 2. The topological polar surface area (TPSA) is 62.3 Å². The fourth-order valence-electron chi connectivity index (χ4n) is 2.64. The zero-order chi connectivity index (χ0) is 20.0. The van der Waals surface area contributed by atoms with Crippen LogP contribution in [0.5, 0.6) is 0 Å². The molecule has 0 bridgehead atoms. The van der Waals surface area contributed by atoms with Crippen LogP contribution in [0.25, 0.3) is 0 Å². The second-order valence-corrected chi connectivity index (χ2v) is 7.79. The van der Waals surface area contributed by atoms with Crippen molar-refractivity contribution >= 4 is 17.5 Å². The van der Waals surface area contributed by atoms with E-state index in [-0.39, 0.29) is 22.9 Å². The Hall–Kier alpha value is -2.69. The molecule has 0 atom stereocenters. The van der Waals surface area contributed by atoms with Gasteiger partial charge in [-0.15, -0.1) is 0 Å². The van der Waals surface area contributed by atoms with Crippen LogP contribution in [0.1, 0.15) is 66.9 Å². The fraction of sp³-hybridized carbons (Fsp3) is 0.409. The Morgan fingerprint density at radius 2 is 1.78 bits per heavy atom. The molecule has 0 unspecified atom stereocenters. The van der Waals surface area contributed by atoms with Crippen LogP contribution in [0.2, 0.25) is 0 Å². The van der Waals surface area contributed by atoms with E-state index in [2.05, 4.69) is 38.0 Å². The van der Waals surface area contributed by atoms with E-state index in [1.165, 1.54) is 11.8 Å². The summed E-state index contributed by atoms with van der Waals surface area (Å²) in [6.07, 6.45) is 3.45. The van der Waals surface area contributed by atoms with Gasteiger partial charge in [0, 0.05) is 31.0 Å². The van der Waals surface area contributed by atoms with Crippen molar-refractivity contribution in [1.29, 1.82) is 0 Å². The zero-order valence-corrected chi connectivity index (χ0v) is 16.9. The average molecular weight is 367 g/mol. The summed E-state index contributed by atoms with van der Waals surface area (Å²) in [4.78, 5) is 30.8. The smallest absolute Gasteiger partial charge is 0.272 e. The van der Waals surface area contributed by atoms with Gasteiger partial charge in [-0.2, -0.15) is 0 Å². The van der Waals surface area contributed by atoms with Gasteiger partial charge in [-0.05, 0) is 41.7 Å². The molecule has 2 amide bonds. The quantitative estimate of drug-likeness (QED) is 0.817. The molecule has 0 aliphatic heterocycles. The van der Waals surface area contributed by atoms with Crippen LogP contribution in [-0.2, 0) is 5.41 Å². The second kappa shape index (κ2) is 8.80. The lowest BCUT2D eigenvalue weighted by molar-refractivity contribution is 0.0787. The Balaban J connectivity index is 2.10. The van der Waals surface area contributed by atoms with Crippen molar-refractivity contribution < 1.29 is 9.59 Å². The van der Waals surface area contributed by atoms with Gasteiger partial charge in [-0.25, -0.2) is 0 Å². The Morgan fingerprint density at radius 1 is 1.11 bits per heavy atom. The molecule has 1 heterocycles. The van der Waals surface area contributed by atoms with Crippen LogP contribution in [0.3, 0.4) is 0 Å². The van der Waals surface area contributed by atoms with E-state index in [4.69, 9.17) is 0 Å². The average Bonchev–Trinajstić information content (AvgIpc) is 2.65. The minimum Gasteiger partial charge on any atom is -0.340 e. The van der Waals surface area contributed by atoms with Gasteiger partial charge < -0.3 is 10.2 Å². The third-order valence-electron chi connectivity index (χ3n) is 4.44. The summed E-state index contributed by atoms with van der Waals surface area (Å²) in [7, 11) is 1.75. The van der Waals surface area contributed by atoms with Crippen LogP contribution in [0.15, 0.2) is 42.6 Å². The number of carbonyl (C=O) groups is 2. The van der Waals surface area contributed by atoms with Crippen LogP contribution < -0.4 is 5.32 Å². The molecular weight excluding hydrogens is 338 g/mol. The van der Waals surface area contributed by atoms with Crippen molar-refractivity contribution in [3.63, 3.8) is 0 Å². The number of nitrogens with one attached hydrogen (secondary N) is 1. The molecule has 0 spiro atoms. The summed E-state index contributed by atoms with van der Waals surface area (Å²) in [5.41, 5.74) is 2.68. The highest BCUT2D eigenvalue weighted by molar-refractivity contribution is 6.05. The number of anilines is 1. The maximum absolute atomic E-state index is 12.5. The van der Waals surface area contributed by atoms with E-state index in [0.717, 1.165) is 18.5 Å². The lowest BCUT2D eigenvalue weighted by Gasteiger charge is -2.19. The standard InChI is InChI=1S/C22H29N3O2/c1-6-7-14-25(5)21(27)19-15-16(12-13-23-19)20(26)24-18-10-8-17(9-11-18)22(2,3)4/h8-13,15H,6-7,14H2,1-5H3,(H,24,26). The SMILES string of the molecule is CCCCN(C)C(=O)c1cc(C(=O)Nc2ccc(C(C)(C)C)cc2)ccn1. The largest absolute Gasteiger partial charge is 0.340 e. The third kappa shape index (κ3) is 5.64. The molecule has 1 N–H and O–H groups in total. The number of pyridine rings is 1. The zero-order valence-electron chi connectivity index (χ0n) is 16.9. The van der Waals surface area contributed by atoms with Crippen molar-refractivity contribution in [2.45, 2.75) is 46.0 Å². The lowest BCUT2D eigenvalue weighted by atomic mass is 9.87. The first-order valence-corrected chi connectivity index (χ1v) is 9.35. The maximum Gasteiger partial charge on any atom is 0.272 e. The van der Waals surface area contributed by atoms with Crippen molar-refractivity contribution in [1.82, 2.24) is 9.88 Å². The molecule has 1 aromatic heterocycles. The van der Waals surface area contributed by atoms with E-state index in [1.807, 2.05) is 24.3 Å². The van der Waals surface area contributed by atoms with E-state index in [0.29, 0.717) is 12.1 Å². The normalized spacial score (nSPS) is 11.1. The molecule has 5 nitrogen and oxygen atoms in total. The summed E-state index contributed by atoms with van der Waals surface area (Å²) in [5.74, 6) is -0.432. The van der Waals surface area contributed by atoms with Gasteiger partial charge in [0.05, 0.1) is 0 Å². The van der Waals surface area contributed by atoms with E-state index >= 15 is 0 Å². The van der Waals surface area contributed by atoms with Crippen LogP contribution >= 0.6 is 0 Å². The van der Waals surface area contributed by atoms with Gasteiger partial charge in [0.25, 0.3) is 11.8 Å². The predicted octanol–water partition coefficient (Wildman–Crippen LogP) is 4.50. The second-order valence-electron chi connectivity index (χ2n) is 7.79. The van der Waals surface area contributed by atoms with Gasteiger partial charge in [-0.1, -0.05) is 46.2 Å². The highest BCUT2D eigenvalue weighted by Crippen LogP contribution is 2.23. The highest BCUT2D eigenvalue weighted by Gasteiger charge is 2.16. The first-order valence-electron chi connectivity index (χ1n) is 9.35. The van der Waals surface area contributed by atoms with Crippen molar-refractivity contribution in [3.05, 3.63) is 59.4 Å². The summed E-state index contributed by atoms with van der Waals surface area (Å²) in [6, 6.07) is 11.0. The molecule has 5 heteroatoms. The minimum atomic E-state index is -0.258. The van der Waals surface area contributed by atoms with Crippen molar-refractivity contribution in [3.8, 4) is 0 Å². The Kier molecular flexibility index (Phi) is 6.72. The Bertz CT molecular complexity index is 792. The van der Waals surface area contributed by atoms with Crippen molar-refractivity contribution in [2.24, 2.45) is 0 Å². The number of nitrogens with zero attached hydrogens (tertiary/aromatic N) is 2. The highest BCUT2D eigenvalue weighted by atomic mass is 16.2. The molecule has 2 aromatic rings. The van der Waals surface area contributed by atoms with E-state index in [1.54, 1.807) is 24.1 Å². The number of benzene rings is 1. The summed E-state index contributed by atoms with van der Waals surface area (Å²) < 4.78 is 0.